The van der Waals surface area contributed by atoms with Gasteiger partial charge in [-0.3, -0.25) is 0 Å². The van der Waals surface area contributed by atoms with Crippen LogP contribution in [-0.4, -0.2) is 10.7 Å². The third-order valence-corrected chi connectivity index (χ3v) is 9.85. The number of rotatable bonds is 7. The average Bonchev–Trinajstić information content (AvgIpc) is 3.18. The summed E-state index contributed by atoms with van der Waals surface area (Å²) in [6, 6.07) is 33.4. The number of aryl methyl sites for hydroxylation is 2. The van der Waals surface area contributed by atoms with Gasteiger partial charge in [0.25, 0.3) is 0 Å². The van der Waals surface area contributed by atoms with Gasteiger partial charge in [0.05, 0.1) is 19.8 Å². The number of aromatic nitrogens is 2. The predicted molar refractivity (Wildman–Crippen MR) is 120 cm³/mol. The van der Waals surface area contributed by atoms with Gasteiger partial charge in [0, 0.05) is 6.42 Å². The molecule has 4 rings (SSSR count). The summed E-state index contributed by atoms with van der Waals surface area (Å²) in [4.78, 5) is 0. The molecule has 4 aromatic rings. The Labute approximate surface area is 201 Å². The second kappa shape index (κ2) is 11.6. The molecule has 2 nitrogen and oxygen atoms in total. The Bertz CT molecular complexity index is 908. The van der Waals surface area contributed by atoms with Crippen LogP contribution in [0.15, 0.2) is 110 Å². The van der Waals surface area contributed by atoms with Crippen molar-refractivity contribution in [3.8, 4) is 0 Å². The summed E-state index contributed by atoms with van der Waals surface area (Å²) >= 11 is 0. The van der Waals surface area contributed by atoms with Crippen LogP contribution < -0.4 is 54.4 Å². The minimum Gasteiger partial charge on any atom is -1.00 e. The van der Waals surface area contributed by atoms with Gasteiger partial charge in [-0.25, -0.2) is 9.13 Å². The SMILES string of the molecule is Cn1cc[n+](CCC[P+](c2ccccc2)(c2ccccc2)c2ccccc2)c1.[Br-].[Br-]. The number of nitrogens with zero attached hydrogens (tertiary/aromatic N) is 2. The largest absolute Gasteiger partial charge is 1.00 e. The fraction of sp³-hybridized carbons (Fsp3) is 0.160. The molecule has 0 unspecified atom stereocenters. The summed E-state index contributed by atoms with van der Waals surface area (Å²) < 4.78 is 4.39. The molecular formula is C25H27Br2N2P. The number of hydrogen-bond acceptors (Lipinski definition) is 0. The summed E-state index contributed by atoms with van der Waals surface area (Å²) in [6.45, 7) is 1.04. The minimum atomic E-state index is -1.70. The first-order valence-corrected chi connectivity index (χ1v) is 11.8. The Balaban J connectivity index is 0.00000160. The quantitative estimate of drug-likeness (QED) is 0.183. The van der Waals surface area contributed by atoms with Crippen molar-refractivity contribution in [3.63, 3.8) is 0 Å². The lowest BCUT2D eigenvalue weighted by molar-refractivity contribution is -0.696. The fourth-order valence-electron chi connectivity index (χ4n) is 4.01. The van der Waals surface area contributed by atoms with Crippen LogP contribution in [0, 0.1) is 0 Å². The van der Waals surface area contributed by atoms with Crippen LogP contribution in [0.5, 0.6) is 0 Å². The van der Waals surface area contributed by atoms with Crippen molar-refractivity contribution in [1.82, 2.24) is 4.57 Å². The highest BCUT2D eigenvalue weighted by Crippen LogP contribution is 2.55. The van der Waals surface area contributed by atoms with Crippen LogP contribution in [0.4, 0.5) is 0 Å². The smallest absolute Gasteiger partial charge is 0.243 e. The molecule has 1 heterocycles. The van der Waals surface area contributed by atoms with Crippen LogP contribution in [0.1, 0.15) is 6.42 Å². The third-order valence-electron chi connectivity index (χ3n) is 5.32. The molecule has 0 saturated carbocycles. The predicted octanol–water partition coefficient (Wildman–Crippen LogP) is -2.30. The van der Waals surface area contributed by atoms with E-state index in [9.17, 15) is 0 Å². The van der Waals surface area contributed by atoms with Gasteiger partial charge in [-0.2, -0.15) is 0 Å². The molecule has 0 aliphatic rings. The van der Waals surface area contributed by atoms with Crippen LogP contribution in [-0.2, 0) is 13.6 Å². The van der Waals surface area contributed by atoms with E-state index in [1.54, 1.807) is 0 Å². The van der Waals surface area contributed by atoms with Gasteiger partial charge in [-0.15, -0.1) is 0 Å². The van der Waals surface area contributed by atoms with Gasteiger partial charge in [0.1, 0.15) is 35.6 Å². The van der Waals surface area contributed by atoms with E-state index in [1.807, 2.05) is 0 Å². The van der Waals surface area contributed by atoms with Crippen LogP contribution in [0.3, 0.4) is 0 Å². The molecule has 3 aromatic carbocycles. The zero-order valence-electron chi connectivity index (χ0n) is 17.1. The van der Waals surface area contributed by atoms with E-state index in [4.69, 9.17) is 0 Å². The average molecular weight is 546 g/mol. The molecule has 156 valence electrons. The lowest BCUT2D eigenvalue weighted by Gasteiger charge is -2.27. The second-order valence-electron chi connectivity index (χ2n) is 7.21. The Morgan fingerprint density at radius 2 is 1.13 bits per heavy atom. The van der Waals surface area contributed by atoms with E-state index >= 15 is 0 Å². The van der Waals surface area contributed by atoms with Gasteiger partial charge in [0.2, 0.25) is 6.33 Å². The van der Waals surface area contributed by atoms with Crippen LogP contribution in [0.25, 0.3) is 0 Å². The molecule has 0 bridgehead atoms. The van der Waals surface area contributed by atoms with Crippen LogP contribution in [0.2, 0.25) is 0 Å². The number of hydrogen-bond donors (Lipinski definition) is 0. The topological polar surface area (TPSA) is 8.81 Å². The standard InChI is InChI=1S/C25H27N2P.2BrH/c1-26-19-20-27(22-26)18-11-21-28(23-12-5-2-6-13-23,24-14-7-3-8-15-24)25-16-9-4-10-17-25;;/h2-10,12-17,19-20,22H,11,18,21H2,1H3;2*1H/q+2;;/p-2. The van der Waals surface area contributed by atoms with E-state index in [1.165, 1.54) is 15.9 Å². The molecule has 0 atom stereocenters. The fourth-order valence-corrected chi connectivity index (χ4v) is 8.33. The Kier molecular flexibility index (Phi) is 9.48. The molecule has 5 heteroatoms. The Hall–Kier alpha value is -1.74. The van der Waals surface area contributed by atoms with Crippen molar-refractivity contribution >= 4 is 23.2 Å². The van der Waals surface area contributed by atoms with Gasteiger partial charge in [0.15, 0.2) is 0 Å². The van der Waals surface area contributed by atoms with Crippen molar-refractivity contribution in [2.75, 3.05) is 6.16 Å². The maximum Gasteiger partial charge on any atom is 0.243 e. The lowest BCUT2D eigenvalue weighted by Crippen LogP contribution is -3.00. The first kappa shape index (κ1) is 24.5. The summed E-state index contributed by atoms with van der Waals surface area (Å²) in [6.07, 6.45) is 8.73. The van der Waals surface area contributed by atoms with Crippen molar-refractivity contribution in [3.05, 3.63) is 110 Å². The van der Waals surface area contributed by atoms with Crippen molar-refractivity contribution in [1.29, 1.82) is 0 Å². The second-order valence-corrected chi connectivity index (χ2v) is 10.8. The number of benzene rings is 3. The highest BCUT2D eigenvalue weighted by molar-refractivity contribution is 7.95. The molecule has 0 aliphatic carbocycles. The van der Waals surface area contributed by atoms with Gasteiger partial charge < -0.3 is 34.0 Å². The molecular weight excluding hydrogens is 519 g/mol. The zero-order valence-corrected chi connectivity index (χ0v) is 21.2. The molecule has 0 aliphatic heterocycles. The highest BCUT2D eigenvalue weighted by atomic mass is 79.9. The molecule has 0 radical (unpaired) electrons. The molecule has 0 spiro atoms. The summed E-state index contributed by atoms with van der Waals surface area (Å²) in [7, 11) is 0.372. The maximum atomic E-state index is 2.32. The van der Waals surface area contributed by atoms with E-state index in [-0.39, 0.29) is 34.0 Å². The molecule has 0 amide bonds. The third kappa shape index (κ3) is 5.29. The molecule has 0 saturated heterocycles. The van der Waals surface area contributed by atoms with E-state index in [0.717, 1.165) is 19.1 Å². The first-order valence-electron chi connectivity index (χ1n) is 9.85. The minimum absolute atomic E-state index is 0. The van der Waals surface area contributed by atoms with Gasteiger partial charge >= 0.3 is 0 Å². The van der Waals surface area contributed by atoms with Crippen molar-refractivity contribution < 1.29 is 38.5 Å². The number of halogens is 2. The first-order chi connectivity index (χ1) is 13.8. The number of imidazole rings is 1. The molecule has 30 heavy (non-hydrogen) atoms. The van der Waals surface area contributed by atoms with E-state index in [0.29, 0.717) is 0 Å². The molecule has 0 fully saturated rings. The van der Waals surface area contributed by atoms with Crippen molar-refractivity contribution in [2.45, 2.75) is 13.0 Å². The van der Waals surface area contributed by atoms with Gasteiger partial charge in [-0.1, -0.05) is 54.6 Å². The highest BCUT2D eigenvalue weighted by Gasteiger charge is 2.44. The normalized spacial score (nSPS) is 10.7. The zero-order chi connectivity index (χ0) is 19.2. The molecule has 1 aromatic heterocycles. The lowest BCUT2D eigenvalue weighted by atomic mass is 10.3. The van der Waals surface area contributed by atoms with E-state index in [2.05, 4.69) is 126 Å². The monoisotopic (exact) mass is 544 g/mol. The molecule has 0 N–H and O–H groups in total. The van der Waals surface area contributed by atoms with Gasteiger partial charge in [-0.05, 0) is 36.4 Å². The van der Waals surface area contributed by atoms with E-state index < -0.39 is 7.26 Å². The summed E-state index contributed by atoms with van der Waals surface area (Å²) in [5.74, 6) is 0. The Morgan fingerprint density at radius 1 is 0.700 bits per heavy atom. The van der Waals surface area contributed by atoms with Crippen molar-refractivity contribution in [2.24, 2.45) is 7.05 Å². The summed E-state index contributed by atoms with van der Waals surface area (Å²) in [5.41, 5.74) is 0. The Morgan fingerprint density at radius 3 is 1.50 bits per heavy atom. The summed E-state index contributed by atoms with van der Waals surface area (Å²) in [5, 5.41) is 4.39. The van der Waals surface area contributed by atoms with Crippen LogP contribution >= 0.6 is 7.26 Å². The maximum absolute atomic E-state index is 2.32.